The Kier molecular flexibility index (Phi) is 32.3. The number of nitro groups is 2. The average Bonchev–Trinajstić information content (AvgIpc) is 1.59. The van der Waals surface area contributed by atoms with Crippen LogP contribution in [0.15, 0.2) is 216 Å². The maximum atomic E-state index is 12.9. The third-order valence-electron chi connectivity index (χ3n) is 16.4. The summed E-state index contributed by atoms with van der Waals surface area (Å²) < 4.78 is 110. The van der Waals surface area contributed by atoms with Crippen molar-refractivity contribution in [2.45, 2.75) is 55.5 Å². The molecular weight excluding hydrogens is 1930 g/mol. The van der Waals surface area contributed by atoms with Gasteiger partial charge in [-0.15, -0.1) is 0 Å². The molecule has 40 heteroatoms. The van der Waals surface area contributed by atoms with Gasteiger partial charge in [0.05, 0.1) is 63.0 Å². The molecule has 604 valence electrons. The van der Waals surface area contributed by atoms with E-state index >= 15 is 0 Å². The number of benzene rings is 3. The van der Waals surface area contributed by atoms with Gasteiger partial charge in [0, 0.05) is 140 Å². The highest BCUT2D eigenvalue weighted by atomic mass is 79.9. The van der Waals surface area contributed by atoms with E-state index in [0.29, 0.717) is 55.7 Å². The normalized spacial score (nSPS) is 11.5. The Balaban J connectivity index is 0.000000188. The molecule has 13 aromatic rings. The Morgan fingerprint density at radius 2 is 0.886 bits per heavy atom. The molecule has 13 rings (SSSR count). The molecular formula is C74H76Br6N14O17S3. The lowest BCUT2D eigenvalue weighted by molar-refractivity contribution is -0.386. The molecule has 0 radical (unpaired) electrons. The van der Waals surface area contributed by atoms with Crippen LogP contribution in [0, 0.1) is 47.9 Å². The lowest BCUT2D eigenvalue weighted by Crippen LogP contribution is -2.25. The summed E-state index contributed by atoms with van der Waals surface area (Å²) in [5.41, 5.74) is 4.38. The molecule has 0 aliphatic rings. The second-order valence-electron chi connectivity index (χ2n) is 24.5. The second kappa shape index (κ2) is 40.2. The average molecular weight is 2010 g/mol. The number of nitrogens with zero attached hydrogens (tertiary/aromatic N) is 12. The predicted molar refractivity (Wildman–Crippen MR) is 459 cm³/mol. The minimum atomic E-state index is -3.81. The molecule has 0 amide bonds. The van der Waals surface area contributed by atoms with Crippen molar-refractivity contribution in [1.82, 2.24) is 56.2 Å². The highest BCUT2D eigenvalue weighted by molar-refractivity contribution is 9.11. The number of rotatable bonds is 16. The van der Waals surface area contributed by atoms with Gasteiger partial charge < -0.3 is 43.1 Å². The lowest BCUT2D eigenvalue weighted by atomic mass is 10.2. The number of aromatic amines is 2. The van der Waals surface area contributed by atoms with Gasteiger partial charge in [-0.3, -0.25) is 34.7 Å². The molecule has 3 aromatic carbocycles. The van der Waals surface area contributed by atoms with Crippen LogP contribution in [0.5, 0.6) is 23.5 Å². The Bertz CT molecular complexity index is 6160. The monoisotopic (exact) mass is 2000 g/mol. The largest absolute Gasteiger partial charge is 0.479 e. The van der Waals surface area contributed by atoms with Crippen LogP contribution in [0.3, 0.4) is 0 Å². The number of hydrogen-bond donors (Lipinski definition) is 2. The third-order valence-corrected chi connectivity index (χ3v) is 25.5. The molecule has 10 aromatic heterocycles. The molecule has 0 saturated heterocycles. The van der Waals surface area contributed by atoms with E-state index in [-0.39, 0.29) is 66.5 Å². The lowest BCUT2D eigenvalue weighted by Gasteiger charge is -2.16. The first kappa shape index (κ1) is 91.7. The van der Waals surface area contributed by atoms with Crippen LogP contribution in [0.2, 0.25) is 0 Å². The summed E-state index contributed by atoms with van der Waals surface area (Å²) in [5.74, 6) is 0.916. The summed E-state index contributed by atoms with van der Waals surface area (Å²) in [7, 11) is 5.35. The molecule has 10 heterocycles. The van der Waals surface area contributed by atoms with Gasteiger partial charge in [-0.1, -0.05) is 53.1 Å². The standard InChI is InChI=1S/2C15H13BrN2O3S.C14H11BrN2O3S.C10H12BrN3O3.C8H7BrN2O.C7H7BrN2O3.C5H13NO/c1-10-3-5-11(6-4-10)22(19,20)18-8-7-12-13(16)9-17-15(21-2)14(12)18;1-10-3-5-11(6-4-10)22(20,21)18-8-7-12-13(16)9-17(2)15(19)14(12)18;1-9-2-4-10(5-3-9)21(19,20)17-7-6-11-12(15)8-16-14(18)13(11)17;1-13(2)5-4-7-8(11)6-12-10(17-3)9(7)14(15)16;1-12-8-7-5(2-3-10-7)6(9)4-11-8;1-4-5(8)3-9-7(13-2)6(4)10(11)12;1-5(7-4)6(2)3/h2*3-9H,1-2H3;2-8H,1H3,(H,16,18);4-6H,1-3H3;2-4,10H,1H3;3H,1-2H3;5H,1-4H3/b;;;5-4+;;;. The minimum absolute atomic E-state index is 0.00314. The molecule has 0 aliphatic heterocycles. The number of aromatic nitrogens is 10. The maximum absolute atomic E-state index is 12.9. The number of hydrogen-bond acceptors (Lipinski definition) is 23. The van der Waals surface area contributed by atoms with Crippen LogP contribution in [-0.4, -0.2) is 161 Å². The van der Waals surface area contributed by atoms with Crippen LogP contribution in [0.4, 0.5) is 11.4 Å². The molecule has 0 bridgehead atoms. The smallest absolute Gasteiger partial charge is 0.339 e. The van der Waals surface area contributed by atoms with E-state index in [1.54, 1.807) is 143 Å². The fraction of sp³-hybridized carbons (Fsp3) is 0.216. The van der Waals surface area contributed by atoms with Gasteiger partial charge >= 0.3 is 11.4 Å². The molecule has 114 heavy (non-hydrogen) atoms. The first-order chi connectivity index (χ1) is 53.7. The predicted octanol–water partition coefficient (Wildman–Crippen LogP) is 15.9. The fourth-order valence-electron chi connectivity index (χ4n) is 10.1. The van der Waals surface area contributed by atoms with Crippen molar-refractivity contribution in [3.8, 4) is 23.5 Å². The molecule has 1 unspecified atom stereocenters. The van der Waals surface area contributed by atoms with E-state index in [1.807, 2.05) is 73.0 Å². The number of fused-ring (bicyclic) bond motifs is 4. The van der Waals surface area contributed by atoms with Gasteiger partial charge in [0.25, 0.3) is 52.9 Å². The number of aryl methyl sites for hydroxylation is 4. The first-order valence-electron chi connectivity index (χ1n) is 33.0. The van der Waals surface area contributed by atoms with Crippen LogP contribution in [0.25, 0.3) is 49.7 Å². The molecule has 2 N–H and O–H groups in total. The zero-order valence-electron chi connectivity index (χ0n) is 63.5. The molecule has 0 saturated carbocycles. The van der Waals surface area contributed by atoms with E-state index in [0.717, 1.165) is 45.4 Å². The number of pyridine rings is 6. The molecule has 31 nitrogen and oxygen atoms in total. The van der Waals surface area contributed by atoms with Crippen molar-refractivity contribution in [3.63, 3.8) is 0 Å². The van der Waals surface area contributed by atoms with Gasteiger partial charge in [0.15, 0.2) is 0 Å². The van der Waals surface area contributed by atoms with Crippen molar-refractivity contribution in [3.05, 3.63) is 261 Å². The molecule has 1 atom stereocenters. The van der Waals surface area contributed by atoms with E-state index < -0.39 is 45.5 Å². The number of ether oxygens (including phenoxy) is 5. The first-order valence-corrected chi connectivity index (χ1v) is 42.1. The van der Waals surface area contributed by atoms with Gasteiger partial charge in [-0.25, -0.2) is 57.1 Å². The maximum Gasteiger partial charge on any atom is 0.339 e. The summed E-state index contributed by atoms with van der Waals surface area (Å²) >= 11 is 19.8. The van der Waals surface area contributed by atoms with Gasteiger partial charge in [-0.2, -0.15) is 0 Å². The van der Waals surface area contributed by atoms with E-state index in [9.17, 15) is 55.1 Å². The minimum Gasteiger partial charge on any atom is -0.479 e. The van der Waals surface area contributed by atoms with Crippen molar-refractivity contribution in [2.75, 3.05) is 63.7 Å². The highest BCUT2D eigenvalue weighted by Crippen LogP contribution is 2.37. The SMILES string of the molecule is COC(C)N(C)C.COc1ncc(Br)c(/C=C/N(C)C)c1[N+](=O)[O-].COc1ncc(Br)c(C)c1[N+](=O)[O-].COc1ncc(Br)c2cc[nH]c12.COc1ncc(Br)c2ccn(S(=O)(=O)c3ccc(C)cc3)c12.Cc1ccc(S(=O)(=O)n2ccc3c(Br)c[nH]c(=O)c32)cc1.Cc1ccc(S(=O)(=O)n2ccc3c(Br)cn(C)c(=O)c32)cc1. The Morgan fingerprint density at radius 1 is 0.491 bits per heavy atom. The number of methoxy groups -OCH3 is 5. The van der Waals surface area contributed by atoms with Crippen LogP contribution < -0.4 is 30.1 Å². The van der Waals surface area contributed by atoms with Crippen LogP contribution >= 0.6 is 95.6 Å². The van der Waals surface area contributed by atoms with Crippen LogP contribution in [-0.2, 0) is 41.9 Å². The van der Waals surface area contributed by atoms with Gasteiger partial charge in [0.1, 0.15) is 28.3 Å². The fourth-order valence-corrected chi connectivity index (χ4v) is 16.8. The van der Waals surface area contributed by atoms with E-state index in [1.165, 1.54) is 79.2 Å². The van der Waals surface area contributed by atoms with Gasteiger partial charge in [-0.05, 0) is 217 Å². The second-order valence-corrected chi connectivity index (χ2v) is 35.1. The van der Waals surface area contributed by atoms with Crippen molar-refractivity contribution < 1.29 is 58.8 Å². The number of halogens is 6. The van der Waals surface area contributed by atoms with Crippen molar-refractivity contribution >= 4 is 187 Å². The summed E-state index contributed by atoms with van der Waals surface area (Å²) in [5, 5.41) is 24.6. The zero-order chi connectivity index (χ0) is 84.6. The van der Waals surface area contributed by atoms with Gasteiger partial charge in [0.2, 0.25) is 11.8 Å². The van der Waals surface area contributed by atoms with Crippen LogP contribution in [0.1, 0.15) is 34.7 Å². The Morgan fingerprint density at radius 3 is 1.32 bits per heavy atom. The van der Waals surface area contributed by atoms with E-state index in [4.69, 9.17) is 23.7 Å². The quantitative estimate of drug-likeness (QED) is 0.0515. The topological polar surface area (TPSA) is 378 Å². The number of nitrogens with one attached hydrogen (secondary N) is 2. The molecule has 0 aliphatic carbocycles. The summed E-state index contributed by atoms with van der Waals surface area (Å²) in [6.07, 6.45) is 19.1. The third kappa shape index (κ3) is 21.5. The summed E-state index contributed by atoms with van der Waals surface area (Å²) in [6.45, 7) is 9.30. The molecule has 0 fully saturated rings. The summed E-state index contributed by atoms with van der Waals surface area (Å²) in [4.78, 5) is 70.7. The zero-order valence-corrected chi connectivity index (χ0v) is 75.5. The number of H-pyrrole nitrogens is 2. The van der Waals surface area contributed by atoms with Crippen molar-refractivity contribution in [1.29, 1.82) is 0 Å². The summed E-state index contributed by atoms with van der Waals surface area (Å²) in [6, 6.07) is 26.7. The molecule has 0 spiro atoms. The Labute approximate surface area is 706 Å². The van der Waals surface area contributed by atoms with Crippen molar-refractivity contribution in [2.24, 2.45) is 7.05 Å². The highest BCUT2D eigenvalue weighted by Gasteiger charge is 2.28. The van der Waals surface area contributed by atoms with E-state index in [2.05, 4.69) is 125 Å². The Hall–Kier alpha value is -9.49.